The van der Waals surface area contributed by atoms with Crippen molar-refractivity contribution in [1.82, 2.24) is 9.88 Å². The van der Waals surface area contributed by atoms with Crippen LogP contribution in [0.15, 0.2) is 18.2 Å². The second kappa shape index (κ2) is 7.06. The molecule has 2 aromatic rings. The Hall–Kier alpha value is -1.67. The Morgan fingerprint density at radius 3 is 2.79 bits per heavy atom. The van der Waals surface area contributed by atoms with Crippen LogP contribution in [0.4, 0.5) is 10.8 Å². The van der Waals surface area contributed by atoms with Gasteiger partial charge < -0.3 is 10.2 Å². The van der Waals surface area contributed by atoms with Gasteiger partial charge in [-0.1, -0.05) is 29.3 Å². The van der Waals surface area contributed by atoms with Crippen molar-refractivity contribution >= 4 is 57.2 Å². The van der Waals surface area contributed by atoms with Crippen LogP contribution in [0, 0.1) is 0 Å². The zero-order valence-corrected chi connectivity index (χ0v) is 15.1. The molecule has 0 fully saturated rings. The summed E-state index contributed by atoms with van der Waals surface area (Å²) in [5, 5.41) is 5.88. The van der Waals surface area contributed by atoms with Crippen LogP contribution < -0.4 is 10.6 Å². The van der Waals surface area contributed by atoms with Crippen molar-refractivity contribution in [1.29, 1.82) is 0 Å². The minimum absolute atomic E-state index is 0.188. The van der Waals surface area contributed by atoms with Gasteiger partial charge in [0, 0.05) is 24.4 Å². The molecule has 0 radical (unpaired) electrons. The Labute approximate surface area is 152 Å². The van der Waals surface area contributed by atoms with Crippen molar-refractivity contribution in [2.45, 2.75) is 13.0 Å². The molecule has 1 aromatic heterocycles. The van der Waals surface area contributed by atoms with Crippen LogP contribution in [0.1, 0.15) is 10.6 Å². The summed E-state index contributed by atoms with van der Waals surface area (Å²) in [5.41, 5.74) is 1.26. The first kappa shape index (κ1) is 17.2. The summed E-state index contributed by atoms with van der Waals surface area (Å²) in [5.74, 6) is -1.63. The molecule has 1 aliphatic heterocycles. The van der Waals surface area contributed by atoms with Crippen LogP contribution in [-0.4, -0.2) is 35.3 Å². The lowest BCUT2D eigenvalue weighted by Crippen LogP contribution is -2.29. The molecule has 0 saturated heterocycles. The summed E-state index contributed by atoms with van der Waals surface area (Å²) < 4.78 is 0. The first-order chi connectivity index (χ1) is 11.4. The van der Waals surface area contributed by atoms with Crippen LogP contribution in [0.3, 0.4) is 0 Å². The summed E-state index contributed by atoms with van der Waals surface area (Å²) in [4.78, 5) is 31.7. The summed E-state index contributed by atoms with van der Waals surface area (Å²) in [6, 6.07) is 4.79. The molecule has 2 amide bonds. The van der Waals surface area contributed by atoms with Crippen LogP contribution >= 0.6 is 34.5 Å². The Morgan fingerprint density at radius 1 is 1.25 bits per heavy atom. The second-order valence-electron chi connectivity index (χ2n) is 5.39. The first-order valence-electron chi connectivity index (χ1n) is 7.17. The zero-order chi connectivity index (χ0) is 17.3. The summed E-state index contributed by atoms with van der Waals surface area (Å²) >= 11 is 13.3. The highest BCUT2D eigenvalue weighted by Crippen LogP contribution is 2.30. The van der Waals surface area contributed by atoms with E-state index in [0.717, 1.165) is 30.1 Å². The number of aromatic nitrogens is 1. The summed E-state index contributed by atoms with van der Waals surface area (Å²) in [6.07, 6.45) is 0.836. The second-order valence-corrected chi connectivity index (χ2v) is 7.26. The van der Waals surface area contributed by atoms with Crippen molar-refractivity contribution in [3.05, 3.63) is 38.8 Å². The first-order valence-corrected chi connectivity index (χ1v) is 8.74. The number of benzene rings is 1. The minimum atomic E-state index is -0.829. The minimum Gasteiger partial charge on any atom is -0.316 e. The average Bonchev–Trinajstić information content (AvgIpc) is 2.93. The Morgan fingerprint density at radius 2 is 2.00 bits per heavy atom. The van der Waals surface area contributed by atoms with Gasteiger partial charge in [-0.2, -0.15) is 0 Å². The largest absolute Gasteiger partial charge is 0.316 e. The standard InChI is InChI=1S/C15H14Cl2N4O2S/c1-21-6-5-9-11(7-21)24-15(19-9)20-14(23)13(22)18-10-4-2-3-8(16)12(10)17/h2-4H,5-7H2,1H3,(H,18,22)(H,19,20,23). The van der Waals surface area contributed by atoms with Gasteiger partial charge in [-0.25, -0.2) is 4.98 Å². The molecule has 0 bridgehead atoms. The molecule has 0 saturated carbocycles. The third kappa shape index (κ3) is 3.70. The molecule has 2 heterocycles. The molecule has 0 atom stereocenters. The van der Waals surface area contributed by atoms with E-state index in [2.05, 4.69) is 20.5 Å². The average molecular weight is 385 g/mol. The van der Waals surface area contributed by atoms with Gasteiger partial charge in [0.05, 0.1) is 21.4 Å². The fourth-order valence-electron chi connectivity index (χ4n) is 2.31. The molecule has 2 N–H and O–H groups in total. The van der Waals surface area contributed by atoms with E-state index in [1.165, 1.54) is 11.3 Å². The molecular formula is C15H14Cl2N4O2S. The zero-order valence-electron chi connectivity index (χ0n) is 12.7. The van der Waals surface area contributed by atoms with E-state index in [0.29, 0.717) is 10.2 Å². The van der Waals surface area contributed by atoms with Gasteiger partial charge in [0.2, 0.25) is 0 Å². The number of nitrogens with one attached hydrogen (secondary N) is 2. The predicted octanol–water partition coefficient (Wildman–Crippen LogP) is 3.02. The maximum atomic E-state index is 12.0. The smallest absolute Gasteiger partial charge is 0.315 e. The van der Waals surface area contributed by atoms with E-state index in [4.69, 9.17) is 23.2 Å². The van der Waals surface area contributed by atoms with Gasteiger partial charge in [-0.3, -0.25) is 14.9 Å². The number of likely N-dealkylation sites (N-methyl/N-ethyl adjacent to an activating group) is 1. The number of anilines is 2. The van der Waals surface area contributed by atoms with Gasteiger partial charge in [-0.05, 0) is 19.2 Å². The molecule has 0 unspecified atom stereocenters. The van der Waals surface area contributed by atoms with E-state index >= 15 is 0 Å². The fourth-order valence-corrected chi connectivity index (χ4v) is 3.74. The molecule has 0 spiro atoms. The summed E-state index contributed by atoms with van der Waals surface area (Å²) in [6.45, 7) is 1.73. The Kier molecular flexibility index (Phi) is 5.05. The number of amides is 2. The van der Waals surface area contributed by atoms with Gasteiger partial charge in [0.1, 0.15) is 0 Å². The SMILES string of the molecule is CN1CCc2nc(NC(=O)C(=O)Nc3cccc(Cl)c3Cl)sc2C1. The van der Waals surface area contributed by atoms with E-state index in [1.54, 1.807) is 18.2 Å². The van der Waals surface area contributed by atoms with Crippen molar-refractivity contribution in [3.63, 3.8) is 0 Å². The van der Waals surface area contributed by atoms with Crippen LogP contribution in [0.25, 0.3) is 0 Å². The third-order valence-corrected chi connectivity index (χ3v) is 5.37. The number of halogens is 2. The van der Waals surface area contributed by atoms with Crippen LogP contribution in [-0.2, 0) is 22.6 Å². The molecular weight excluding hydrogens is 371 g/mol. The van der Waals surface area contributed by atoms with Crippen molar-refractivity contribution < 1.29 is 9.59 Å². The maximum Gasteiger partial charge on any atom is 0.315 e. The number of rotatable bonds is 2. The number of carbonyl (C=O) groups is 2. The Bertz CT molecular complexity index is 809. The number of hydrogen-bond donors (Lipinski definition) is 2. The predicted molar refractivity (Wildman–Crippen MR) is 95.9 cm³/mol. The van der Waals surface area contributed by atoms with Gasteiger partial charge in [-0.15, -0.1) is 11.3 Å². The molecule has 9 heteroatoms. The van der Waals surface area contributed by atoms with E-state index < -0.39 is 11.8 Å². The lowest BCUT2D eigenvalue weighted by atomic mass is 10.2. The summed E-state index contributed by atoms with van der Waals surface area (Å²) in [7, 11) is 2.03. The molecule has 126 valence electrons. The van der Waals surface area contributed by atoms with Crippen LogP contribution in [0.5, 0.6) is 0 Å². The van der Waals surface area contributed by atoms with Crippen molar-refractivity contribution in [3.8, 4) is 0 Å². The van der Waals surface area contributed by atoms with Gasteiger partial charge >= 0.3 is 11.8 Å². The highest BCUT2D eigenvalue weighted by molar-refractivity contribution is 7.16. The maximum absolute atomic E-state index is 12.0. The normalized spacial score (nSPS) is 14.1. The third-order valence-electron chi connectivity index (χ3n) is 3.55. The molecule has 3 rings (SSSR count). The molecule has 1 aromatic carbocycles. The molecule has 1 aliphatic rings. The molecule has 0 aliphatic carbocycles. The number of carbonyl (C=O) groups excluding carboxylic acids is 2. The lowest BCUT2D eigenvalue weighted by Gasteiger charge is -2.20. The Balaban J connectivity index is 1.66. The monoisotopic (exact) mass is 384 g/mol. The topological polar surface area (TPSA) is 74.3 Å². The number of nitrogens with zero attached hydrogens (tertiary/aromatic N) is 2. The number of fused-ring (bicyclic) bond motifs is 1. The fraction of sp³-hybridized carbons (Fsp3) is 0.267. The number of hydrogen-bond acceptors (Lipinski definition) is 5. The number of thiazole rings is 1. The highest BCUT2D eigenvalue weighted by Gasteiger charge is 2.21. The van der Waals surface area contributed by atoms with E-state index in [1.807, 2.05) is 7.05 Å². The molecule has 6 nitrogen and oxygen atoms in total. The van der Waals surface area contributed by atoms with E-state index in [-0.39, 0.29) is 10.7 Å². The lowest BCUT2D eigenvalue weighted by molar-refractivity contribution is -0.132. The van der Waals surface area contributed by atoms with Crippen LogP contribution in [0.2, 0.25) is 10.0 Å². The van der Waals surface area contributed by atoms with E-state index in [9.17, 15) is 9.59 Å². The van der Waals surface area contributed by atoms with Gasteiger partial charge in [0.25, 0.3) is 0 Å². The highest BCUT2D eigenvalue weighted by atomic mass is 35.5. The van der Waals surface area contributed by atoms with Crippen molar-refractivity contribution in [2.75, 3.05) is 24.2 Å². The molecule has 24 heavy (non-hydrogen) atoms. The quantitative estimate of drug-likeness (QED) is 0.780. The van der Waals surface area contributed by atoms with Gasteiger partial charge in [0.15, 0.2) is 5.13 Å². The van der Waals surface area contributed by atoms with Crippen molar-refractivity contribution in [2.24, 2.45) is 0 Å².